The van der Waals surface area contributed by atoms with Crippen LogP contribution in [0.15, 0.2) is 69.1 Å². The number of halogens is 2. The maximum atomic E-state index is 12.8. The minimum absolute atomic E-state index is 0.111. The Kier molecular flexibility index (Phi) is 9.28. The van der Waals surface area contributed by atoms with Gasteiger partial charge in [-0.15, -0.1) is 0 Å². The molecule has 0 saturated heterocycles. The zero-order chi connectivity index (χ0) is 26.2. The monoisotopic (exact) mass is 612 g/mol. The van der Waals surface area contributed by atoms with Crippen LogP contribution >= 0.6 is 31.9 Å². The molecule has 0 fully saturated rings. The lowest BCUT2D eigenvalue weighted by Crippen LogP contribution is -2.14. The molecular formula is C27H22Br2N2O5. The summed E-state index contributed by atoms with van der Waals surface area (Å²) in [4.78, 5) is 25.4. The fourth-order valence-corrected chi connectivity index (χ4v) is 4.78. The molecule has 3 aromatic carbocycles. The van der Waals surface area contributed by atoms with E-state index in [2.05, 4.69) is 37.2 Å². The summed E-state index contributed by atoms with van der Waals surface area (Å²) in [5.74, 6) is 0.00112. The maximum absolute atomic E-state index is 12.8. The molecule has 3 rings (SSSR count). The molecule has 0 radical (unpaired) electrons. The number of nitriles is 1. The van der Waals surface area contributed by atoms with Crippen LogP contribution in [-0.2, 0) is 4.79 Å². The zero-order valence-corrected chi connectivity index (χ0v) is 22.9. The van der Waals surface area contributed by atoms with Crippen molar-refractivity contribution in [2.45, 2.75) is 13.8 Å². The van der Waals surface area contributed by atoms with E-state index in [0.29, 0.717) is 43.9 Å². The standard InChI is InChI=1S/C27H22Br2N2O5/c1-4-35-24-14-17(5-10-23(24)36-27(33)18-6-8-20(34-3)9-7-18)13-19(15-30)26(32)31-25-21(28)11-16(2)12-22(25)29/h5-14H,4H2,1-3H3,(H,31,32)/b19-13+. The van der Waals surface area contributed by atoms with Gasteiger partial charge in [-0.1, -0.05) is 6.07 Å². The quantitative estimate of drug-likeness (QED) is 0.131. The second-order valence-electron chi connectivity index (χ2n) is 7.48. The zero-order valence-electron chi connectivity index (χ0n) is 19.7. The molecule has 1 N–H and O–H groups in total. The number of nitrogens with zero attached hydrogens (tertiary/aromatic N) is 1. The van der Waals surface area contributed by atoms with Gasteiger partial charge >= 0.3 is 5.97 Å². The molecule has 0 aliphatic rings. The van der Waals surface area contributed by atoms with Crippen LogP contribution in [0.2, 0.25) is 0 Å². The largest absolute Gasteiger partial charge is 0.497 e. The average molecular weight is 614 g/mol. The van der Waals surface area contributed by atoms with E-state index in [9.17, 15) is 14.9 Å². The van der Waals surface area contributed by atoms with Gasteiger partial charge in [-0.05, 0) is 111 Å². The molecule has 0 aliphatic carbocycles. The van der Waals surface area contributed by atoms with Crippen LogP contribution in [0.25, 0.3) is 6.08 Å². The Morgan fingerprint density at radius 1 is 1.03 bits per heavy atom. The number of methoxy groups -OCH3 is 1. The Bertz CT molecular complexity index is 1340. The number of rotatable bonds is 8. The van der Waals surface area contributed by atoms with Gasteiger partial charge in [-0.3, -0.25) is 4.79 Å². The highest BCUT2D eigenvalue weighted by Crippen LogP contribution is 2.33. The van der Waals surface area contributed by atoms with E-state index in [-0.39, 0.29) is 11.3 Å². The first-order valence-electron chi connectivity index (χ1n) is 10.8. The van der Waals surface area contributed by atoms with Gasteiger partial charge in [-0.25, -0.2) is 4.79 Å². The maximum Gasteiger partial charge on any atom is 0.343 e. The third kappa shape index (κ3) is 6.74. The number of carbonyl (C=O) groups excluding carboxylic acids is 2. The third-order valence-electron chi connectivity index (χ3n) is 4.90. The van der Waals surface area contributed by atoms with Crippen molar-refractivity contribution in [3.63, 3.8) is 0 Å². The molecule has 0 aromatic heterocycles. The van der Waals surface area contributed by atoms with Gasteiger partial charge < -0.3 is 19.5 Å². The first-order valence-corrected chi connectivity index (χ1v) is 12.4. The number of esters is 1. The molecule has 0 spiro atoms. The number of nitrogens with one attached hydrogen (secondary N) is 1. The van der Waals surface area contributed by atoms with Crippen molar-refractivity contribution in [1.29, 1.82) is 5.26 Å². The number of anilines is 1. The van der Waals surface area contributed by atoms with E-state index >= 15 is 0 Å². The van der Waals surface area contributed by atoms with Crippen LogP contribution in [0, 0.1) is 18.3 Å². The van der Waals surface area contributed by atoms with Crippen molar-refractivity contribution in [2.75, 3.05) is 19.0 Å². The summed E-state index contributed by atoms with van der Waals surface area (Å²) in [5.41, 5.74) is 2.27. The highest BCUT2D eigenvalue weighted by Gasteiger charge is 2.16. The predicted molar refractivity (Wildman–Crippen MR) is 144 cm³/mol. The van der Waals surface area contributed by atoms with Crippen LogP contribution in [0.1, 0.15) is 28.4 Å². The van der Waals surface area contributed by atoms with Gasteiger partial charge in [-0.2, -0.15) is 5.26 Å². The van der Waals surface area contributed by atoms with Crippen LogP contribution in [0.5, 0.6) is 17.2 Å². The number of hydrogen-bond donors (Lipinski definition) is 1. The molecule has 9 heteroatoms. The van der Waals surface area contributed by atoms with Crippen LogP contribution in [0.4, 0.5) is 5.69 Å². The number of carbonyl (C=O) groups is 2. The van der Waals surface area contributed by atoms with Crippen molar-refractivity contribution >= 4 is 55.5 Å². The molecule has 3 aromatic rings. The lowest BCUT2D eigenvalue weighted by molar-refractivity contribution is -0.112. The predicted octanol–water partition coefficient (Wildman–Crippen LogP) is 6.69. The van der Waals surface area contributed by atoms with Crippen LogP contribution in [0.3, 0.4) is 0 Å². The lowest BCUT2D eigenvalue weighted by Gasteiger charge is -2.12. The second-order valence-corrected chi connectivity index (χ2v) is 9.19. The Balaban J connectivity index is 1.84. The topological polar surface area (TPSA) is 97.6 Å². The number of aryl methyl sites for hydroxylation is 1. The van der Waals surface area contributed by atoms with Crippen LogP contribution in [-0.4, -0.2) is 25.6 Å². The highest BCUT2D eigenvalue weighted by molar-refractivity contribution is 9.11. The minimum Gasteiger partial charge on any atom is -0.497 e. The molecular weight excluding hydrogens is 592 g/mol. The Labute approximate surface area is 225 Å². The first-order chi connectivity index (χ1) is 17.2. The summed E-state index contributed by atoms with van der Waals surface area (Å²) >= 11 is 6.86. The smallest absolute Gasteiger partial charge is 0.343 e. The van der Waals surface area contributed by atoms with Crippen molar-refractivity contribution < 1.29 is 23.8 Å². The number of benzene rings is 3. The molecule has 0 saturated carbocycles. The SMILES string of the molecule is CCOc1cc(/C=C(\C#N)C(=O)Nc2c(Br)cc(C)cc2Br)ccc1OC(=O)c1ccc(OC)cc1. The summed E-state index contributed by atoms with van der Waals surface area (Å²) in [6.07, 6.45) is 1.43. The molecule has 0 heterocycles. The molecule has 0 bridgehead atoms. The molecule has 0 atom stereocenters. The van der Waals surface area contributed by atoms with Crippen molar-refractivity contribution in [1.82, 2.24) is 0 Å². The summed E-state index contributed by atoms with van der Waals surface area (Å²) in [5, 5.41) is 12.4. The van der Waals surface area contributed by atoms with Crippen LogP contribution < -0.4 is 19.5 Å². The fraction of sp³-hybridized carbons (Fsp3) is 0.148. The molecule has 0 aliphatic heterocycles. The van der Waals surface area contributed by atoms with Gasteiger partial charge in [0.1, 0.15) is 17.4 Å². The van der Waals surface area contributed by atoms with E-state index in [1.807, 2.05) is 25.1 Å². The van der Waals surface area contributed by atoms with Crippen molar-refractivity contribution in [3.8, 4) is 23.3 Å². The van der Waals surface area contributed by atoms with Crippen molar-refractivity contribution in [2.24, 2.45) is 0 Å². The minimum atomic E-state index is -0.573. The average Bonchev–Trinajstić information content (AvgIpc) is 2.86. The molecule has 0 unspecified atom stereocenters. The van der Waals surface area contributed by atoms with Gasteiger partial charge in [0.25, 0.3) is 5.91 Å². The molecule has 7 nitrogen and oxygen atoms in total. The summed E-state index contributed by atoms with van der Waals surface area (Å²) in [6, 6.07) is 16.9. The normalized spacial score (nSPS) is 10.8. The van der Waals surface area contributed by atoms with E-state index in [0.717, 1.165) is 5.56 Å². The Morgan fingerprint density at radius 3 is 2.28 bits per heavy atom. The van der Waals surface area contributed by atoms with Crippen molar-refractivity contribution in [3.05, 3.63) is 85.8 Å². The van der Waals surface area contributed by atoms with Gasteiger partial charge in [0, 0.05) is 8.95 Å². The molecule has 36 heavy (non-hydrogen) atoms. The Morgan fingerprint density at radius 2 is 1.69 bits per heavy atom. The fourth-order valence-electron chi connectivity index (χ4n) is 3.17. The highest BCUT2D eigenvalue weighted by atomic mass is 79.9. The summed E-state index contributed by atoms with van der Waals surface area (Å²) in [6.45, 7) is 4.04. The van der Waals surface area contributed by atoms with E-state index in [1.54, 1.807) is 56.5 Å². The molecule has 184 valence electrons. The number of amides is 1. The summed E-state index contributed by atoms with van der Waals surface area (Å²) in [7, 11) is 1.54. The summed E-state index contributed by atoms with van der Waals surface area (Å²) < 4.78 is 17.6. The van der Waals surface area contributed by atoms with E-state index in [4.69, 9.17) is 14.2 Å². The van der Waals surface area contributed by atoms with E-state index < -0.39 is 11.9 Å². The Hall–Kier alpha value is -3.61. The van der Waals surface area contributed by atoms with Gasteiger partial charge in [0.05, 0.1) is 25.0 Å². The lowest BCUT2D eigenvalue weighted by atomic mass is 10.1. The number of hydrogen-bond acceptors (Lipinski definition) is 6. The van der Waals surface area contributed by atoms with Gasteiger partial charge in [0.2, 0.25) is 0 Å². The van der Waals surface area contributed by atoms with Gasteiger partial charge in [0.15, 0.2) is 11.5 Å². The third-order valence-corrected chi connectivity index (χ3v) is 6.15. The molecule has 1 amide bonds. The first kappa shape index (κ1) is 27.0. The number of ether oxygens (including phenoxy) is 3. The second kappa shape index (κ2) is 12.4. The van der Waals surface area contributed by atoms with E-state index in [1.165, 1.54) is 6.08 Å².